The number of benzene rings is 1. The third kappa shape index (κ3) is 2.31. The summed E-state index contributed by atoms with van der Waals surface area (Å²) in [6.45, 7) is 0. The monoisotopic (exact) mass is 254 g/mol. The molecule has 0 unspecified atom stereocenters. The topological polar surface area (TPSA) is 17.1 Å². The van der Waals surface area contributed by atoms with Crippen LogP contribution in [-0.4, -0.2) is 5.78 Å². The molecule has 0 N–H and O–H groups in total. The molecule has 0 fully saturated rings. The molecule has 0 atom stereocenters. The van der Waals surface area contributed by atoms with Crippen LogP contribution in [0.3, 0.4) is 0 Å². The molecule has 0 bridgehead atoms. The van der Waals surface area contributed by atoms with Crippen molar-refractivity contribution in [3.63, 3.8) is 0 Å². The standard InChI is InChI=1S/C12H8ClFOS/c13-9-2-1-3-10(14)12(9)11(15)6-8-4-5-16-7-8/h1-5,7H,6H2. The molecule has 2 aromatic rings. The number of rotatable bonds is 3. The van der Waals surface area contributed by atoms with Crippen molar-refractivity contribution in [2.24, 2.45) is 0 Å². The molecule has 0 aliphatic heterocycles. The highest BCUT2D eigenvalue weighted by molar-refractivity contribution is 7.08. The lowest BCUT2D eigenvalue weighted by Gasteiger charge is -2.03. The molecular weight excluding hydrogens is 247 g/mol. The molecule has 4 heteroatoms. The fourth-order valence-corrected chi connectivity index (χ4v) is 2.37. The number of ketones is 1. The Bertz CT molecular complexity index is 487. The van der Waals surface area contributed by atoms with E-state index < -0.39 is 5.82 Å². The molecule has 1 nitrogen and oxygen atoms in total. The second kappa shape index (κ2) is 4.76. The minimum absolute atomic E-state index is 0.0182. The first-order valence-electron chi connectivity index (χ1n) is 4.67. The van der Waals surface area contributed by atoms with E-state index in [2.05, 4.69) is 0 Å². The van der Waals surface area contributed by atoms with Crippen LogP contribution in [-0.2, 0) is 6.42 Å². The van der Waals surface area contributed by atoms with E-state index in [1.54, 1.807) is 0 Å². The predicted molar refractivity (Wildman–Crippen MR) is 63.8 cm³/mol. The van der Waals surface area contributed by atoms with E-state index in [0.717, 1.165) is 5.56 Å². The summed E-state index contributed by atoms with van der Waals surface area (Å²) in [4.78, 5) is 11.8. The molecule has 0 aliphatic carbocycles. The molecule has 82 valence electrons. The molecule has 2 rings (SSSR count). The van der Waals surface area contributed by atoms with E-state index in [1.807, 2.05) is 16.8 Å². The van der Waals surface area contributed by atoms with E-state index in [-0.39, 0.29) is 22.8 Å². The van der Waals surface area contributed by atoms with Gasteiger partial charge in [-0.25, -0.2) is 4.39 Å². The van der Waals surface area contributed by atoms with Gasteiger partial charge in [0.2, 0.25) is 0 Å². The molecule has 0 saturated heterocycles. The van der Waals surface area contributed by atoms with Gasteiger partial charge in [-0.05, 0) is 34.5 Å². The van der Waals surface area contributed by atoms with Crippen molar-refractivity contribution in [1.29, 1.82) is 0 Å². The van der Waals surface area contributed by atoms with Gasteiger partial charge in [-0.15, -0.1) is 0 Å². The maximum atomic E-state index is 13.4. The molecule has 0 aliphatic rings. The second-order valence-electron chi connectivity index (χ2n) is 3.33. The Morgan fingerprint density at radius 3 is 2.81 bits per heavy atom. The number of carbonyl (C=O) groups excluding carboxylic acids is 1. The first kappa shape index (κ1) is 11.3. The quantitative estimate of drug-likeness (QED) is 0.758. The number of thiophene rings is 1. The van der Waals surface area contributed by atoms with Gasteiger partial charge in [0.1, 0.15) is 5.82 Å². The Hall–Kier alpha value is -1.19. The second-order valence-corrected chi connectivity index (χ2v) is 4.52. The maximum Gasteiger partial charge on any atom is 0.171 e. The van der Waals surface area contributed by atoms with Gasteiger partial charge in [0, 0.05) is 6.42 Å². The number of Topliss-reactive ketones (excluding diaryl/α,β-unsaturated/α-hetero) is 1. The molecule has 0 saturated carbocycles. The number of hydrogen-bond donors (Lipinski definition) is 0. The van der Waals surface area contributed by atoms with E-state index >= 15 is 0 Å². The minimum atomic E-state index is -0.562. The van der Waals surface area contributed by atoms with E-state index in [1.165, 1.54) is 29.5 Å². The summed E-state index contributed by atoms with van der Waals surface area (Å²) in [5, 5.41) is 3.92. The van der Waals surface area contributed by atoms with Gasteiger partial charge >= 0.3 is 0 Å². The summed E-state index contributed by atoms with van der Waals surface area (Å²) in [5.41, 5.74) is 0.865. The zero-order chi connectivity index (χ0) is 11.5. The lowest BCUT2D eigenvalue weighted by atomic mass is 10.0. The first-order chi connectivity index (χ1) is 7.68. The van der Waals surface area contributed by atoms with Crippen LogP contribution in [0.5, 0.6) is 0 Å². The zero-order valence-electron chi connectivity index (χ0n) is 8.24. The lowest BCUT2D eigenvalue weighted by Crippen LogP contribution is -2.06. The number of carbonyl (C=O) groups is 1. The normalized spacial score (nSPS) is 10.4. The van der Waals surface area contributed by atoms with Crippen molar-refractivity contribution in [1.82, 2.24) is 0 Å². The maximum absolute atomic E-state index is 13.4. The van der Waals surface area contributed by atoms with Crippen molar-refractivity contribution < 1.29 is 9.18 Å². The van der Waals surface area contributed by atoms with Gasteiger partial charge in [-0.3, -0.25) is 4.79 Å². The molecule has 1 aromatic carbocycles. The van der Waals surface area contributed by atoms with E-state index in [4.69, 9.17) is 11.6 Å². The van der Waals surface area contributed by atoms with Crippen molar-refractivity contribution in [2.75, 3.05) is 0 Å². The van der Waals surface area contributed by atoms with Gasteiger partial charge in [-0.2, -0.15) is 11.3 Å². The SMILES string of the molecule is O=C(Cc1ccsc1)c1c(F)cccc1Cl. The number of hydrogen-bond acceptors (Lipinski definition) is 2. The van der Waals surface area contributed by atoms with E-state index in [0.29, 0.717) is 0 Å². The fourth-order valence-electron chi connectivity index (χ4n) is 1.43. The molecule has 1 heterocycles. The van der Waals surface area contributed by atoms with Gasteiger partial charge in [0.25, 0.3) is 0 Å². The van der Waals surface area contributed by atoms with Crippen LogP contribution in [0.15, 0.2) is 35.0 Å². The molecular formula is C12H8ClFOS. The Balaban J connectivity index is 2.28. The Morgan fingerprint density at radius 2 is 2.19 bits per heavy atom. The summed E-state index contributed by atoms with van der Waals surface area (Å²) < 4.78 is 13.4. The van der Waals surface area contributed by atoms with E-state index in [9.17, 15) is 9.18 Å². The third-order valence-corrected chi connectivity index (χ3v) is 3.23. The van der Waals surface area contributed by atoms with Crippen molar-refractivity contribution in [3.05, 3.63) is 57.0 Å². The van der Waals surface area contributed by atoms with Crippen LogP contribution in [0, 0.1) is 5.82 Å². The Labute approximate surface area is 101 Å². The van der Waals surface area contributed by atoms with Crippen LogP contribution in [0.25, 0.3) is 0 Å². The summed E-state index contributed by atoms with van der Waals surface area (Å²) in [6, 6.07) is 6.09. The zero-order valence-corrected chi connectivity index (χ0v) is 9.82. The average molecular weight is 255 g/mol. The highest BCUT2D eigenvalue weighted by atomic mass is 35.5. The van der Waals surface area contributed by atoms with Gasteiger partial charge < -0.3 is 0 Å². The van der Waals surface area contributed by atoms with Gasteiger partial charge in [0.05, 0.1) is 10.6 Å². The van der Waals surface area contributed by atoms with Crippen LogP contribution in [0.2, 0.25) is 5.02 Å². The third-order valence-electron chi connectivity index (χ3n) is 2.19. The average Bonchev–Trinajstić information content (AvgIpc) is 2.70. The molecule has 0 radical (unpaired) electrons. The molecule has 16 heavy (non-hydrogen) atoms. The molecule has 1 aromatic heterocycles. The minimum Gasteiger partial charge on any atom is -0.294 e. The summed E-state index contributed by atoms with van der Waals surface area (Å²) in [7, 11) is 0. The largest absolute Gasteiger partial charge is 0.294 e. The smallest absolute Gasteiger partial charge is 0.171 e. The summed E-state index contributed by atoms with van der Waals surface area (Å²) >= 11 is 7.31. The Morgan fingerprint density at radius 1 is 1.38 bits per heavy atom. The Kier molecular flexibility index (Phi) is 3.36. The van der Waals surface area contributed by atoms with Crippen LogP contribution in [0.1, 0.15) is 15.9 Å². The predicted octanol–water partition coefficient (Wildman–Crippen LogP) is 3.97. The lowest BCUT2D eigenvalue weighted by molar-refractivity contribution is 0.0989. The van der Waals surface area contributed by atoms with Crippen molar-refractivity contribution in [3.8, 4) is 0 Å². The first-order valence-corrected chi connectivity index (χ1v) is 5.99. The van der Waals surface area contributed by atoms with Crippen molar-refractivity contribution in [2.45, 2.75) is 6.42 Å². The van der Waals surface area contributed by atoms with Crippen LogP contribution < -0.4 is 0 Å². The van der Waals surface area contributed by atoms with Gasteiger partial charge in [0.15, 0.2) is 5.78 Å². The van der Waals surface area contributed by atoms with Crippen LogP contribution >= 0.6 is 22.9 Å². The summed E-state index contributed by atoms with van der Waals surface area (Å²) in [5.74, 6) is -0.853. The molecule has 0 amide bonds. The summed E-state index contributed by atoms with van der Waals surface area (Å²) in [6.07, 6.45) is 0.185. The molecule has 0 spiro atoms. The highest BCUT2D eigenvalue weighted by Crippen LogP contribution is 2.21. The fraction of sp³-hybridized carbons (Fsp3) is 0.0833. The number of halogens is 2. The highest BCUT2D eigenvalue weighted by Gasteiger charge is 2.15. The van der Waals surface area contributed by atoms with Crippen molar-refractivity contribution >= 4 is 28.7 Å². The van der Waals surface area contributed by atoms with Gasteiger partial charge in [-0.1, -0.05) is 17.7 Å². The van der Waals surface area contributed by atoms with Crippen LogP contribution in [0.4, 0.5) is 4.39 Å².